The zero-order valence-corrected chi connectivity index (χ0v) is 9.56. The summed E-state index contributed by atoms with van der Waals surface area (Å²) in [5.74, 6) is 0.682. The molecule has 2 rings (SSSR count). The summed E-state index contributed by atoms with van der Waals surface area (Å²) in [5.41, 5.74) is 1.04. The molecule has 0 saturated heterocycles. The highest BCUT2D eigenvalue weighted by molar-refractivity contribution is 5.85. The van der Waals surface area contributed by atoms with Gasteiger partial charge in [-0.3, -0.25) is 4.79 Å². The van der Waals surface area contributed by atoms with Gasteiger partial charge in [-0.15, -0.1) is 0 Å². The summed E-state index contributed by atoms with van der Waals surface area (Å²) in [4.78, 5) is 15.5. The molecule has 90 valence electrons. The first kappa shape index (κ1) is 11.4. The van der Waals surface area contributed by atoms with Crippen LogP contribution in [0.1, 0.15) is 44.9 Å². The van der Waals surface area contributed by atoms with Gasteiger partial charge in [-0.25, -0.2) is 0 Å². The van der Waals surface area contributed by atoms with Gasteiger partial charge in [0, 0.05) is 12.8 Å². The summed E-state index contributed by atoms with van der Waals surface area (Å²) in [6.07, 6.45) is 8.49. The monoisotopic (exact) mass is 225 g/mol. The van der Waals surface area contributed by atoms with Crippen LogP contribution in [0.5, 0.6) is 0 Å². The smallest absolute Gasteiger partial charge is 0.293 e. The van der Waals surface area contributed by atoms with Crippen molar-refractivity contribution in [2.45, 2.75) is 51.0 Å². The molecule has 0 amide bonds. The molecule has 16 heavy (non-hydrogen) atoms. The highest BCUT2D eigenvalue weighted by atomic mass is 16.6. The lowest BCUT2D eigenvalue weighted by molar-refractivity contribution is -0.128. The molecule has 0 radical (unpaired) electrons. The maximum atomic E-state index is 10.00. The SMILES string of the molecule is O=COCCC1=NOC(C2CCCCC2)C1. The van der Waals surface area contributed by atoms with E-state index in [4.69, 9.17) is 4.84 Å². The quantitative estimate of drug-likeness (QED) is 0.532. The standard InChI is InChI=1S/C12H19NO3/c14-9-15-7-6-11-8-12(16-13-11)10-4-2-1-3-5-10/h9-10,12H,1-8H2. The van der Waals surface area contributed by atoms with Gasteiger partial charge >= 0.3 is 0 Å². The molecule has 1 heterocycles. The van der Waals surface area contributed by atoms with Crippen molar-refractivity contribution in [1.29, 1.82) is 0 Å². The highest BCUT2D eigenvalue weighted by Crippen LogP contribution is 2.32. The molecule has 1 aliphatic heterocycles. The van der Waals surface area contributed by atoms with Gasteiger partial charge in [0.05, 0.1) is 12.3 Å². The molecule has 0 bridgehead atoms. The molecule has 0 aromatic heterocycles. The van der Waals surface area contributed by atoms with E-state index in [1.54, 1.807) is 0 Å². The molecule has 0 aromatic carbocycles. The van der Waals surface area contributed by atoms with E-state index in [0.717, 1.165) is 12.1 Å². The van der Waals surface area contributed by atoms with Crippen LogP contribution < -0.4 is 0 Å². The summed E-state index contributed by atoms with van der Waals surface area (Å²) < 4.78 is 4.66. The Morgan fingerprint density at radius 2 is 2.19 bits per heavy atom. The van der Waals surface area contributed by atoms with Crippen molar-refractivity contribution in [3.8, 4) is 0 Å². The lowest BCUT2D eigenvalue weighted by atomic mass is 9.83. The predicted molar refractivity (Wildman–Crippen MR) is 60.1 cm³/mol. The normalized spacial score (nSPS) is 26.0. The molecule has 0 spiro atoms. The van der Waals surface area contributed by atoms with E-state index in [-0.39, 0.29) is 6.10 Å². The summed E-state index contributed by atoms with van der Waals surface area (Å²) in [6, 6.07) is 0. The van der Waals surface area contributed by atoms with Crippen LogP contribution in [0.3, 0.4) is 0 Å². The van der Waals surface area contributed by atoms with Crippen molar-refractivity contribution in [2.75, 3.05) is 6.61 Å². The molecule has 1 unspecified atom stereocenters. The van der Waals surface area contributed by atoms with Crippen LogP contribution in [0.15, 0.2) is 5.16 Å². The van der Waals surface area contributed by atoms with Crippen molar-refractivity contribution in [2.24, 2.45) is 11.1 Å². The average Bonchev–Trinajstić information content (AvgIpc) is 2.79. The highest BCUT2D eigenvalue weighted by Gasteiger charge is 2.30. The maximum Gasteiger partial charge on any atom is 0.293 e. The molecule has 1 aliphatic carbocycles. The second kappa shape index (κ2) is 5.87. The van der Waals surface area contributed by atoms with Gasteiger partial charge in [-0.05, 0) is 18.8 Å². The van der Waals surface area contributed by atoms with E-state index in [2.05, 4.69) is 9.89 Å². The van der Waals surface area contributed by atoms with Crippen molar-refractivity contribution in [1.82, 2.24) is 0 Å². The Hall–Kier alpha value is -1.06. The predicted octanol–water partition coefficient (Wildman–Crippen LogP) is 2.27. The molecule has 1 saturated carbocycles. The van der Waals surface area contributed by atoms with Gasteiger partial charge in [-0.2, -0.15) is 0 Å². The van der Waals surface area contributed by atoms with E-state index in [0.29, 0.717) is 25.4 Å². The van der Waals surface area contributed by atoms with Gasteiger partial charge in [-0.1, -0.05) is 24.4 Å². The van der Waals surface area contributed by atoms with Gasteiger partial charge in [0.2, 0.25) is 0 Å². The van der Waals surface area contributed by atoms with Crippen LogP contribution in [0, 0.1) is 5.92 Å². The summed E-state index contributed by atoms with van der Waals surface area (Å²) in [6.45, 7) is 0.901. The fraction of sp³-hybridized carbons (Fsp3) is 0.833. The number of hydrogen-bond acceptors (Lipinski definition) is 4. The minimum absolute atomic E-state index is 0.284. The molecular weight excluding hydrogens is 206 g/mol. The summed E-state index contributed by atoms with van der Waals surface area (Å²) in [5, 5.41) is 4.08. The van der Waals surface area contributed by atoms with E-state index in [9.17, 15) is 4.79 Å². The molecule has 1 fully saturated rings. The van der Waals surface area contributed by atoms with Crippen molar-refractivity contribution in [3.63, 3.8) is 0 Å². The van der Waals surface area contributed by atoms with Crippen molar-refractivity contribution in [3.05, 3.63) is 0 Å². The van der Waals surface area contributed by atoms with E-state index >= 15 is 0 Å². The fourth-order valence-corrected chi connectivity index (χ4v) is 2.58. The number of oxime groups is 1. The third-order valence-electron chi connectivity index (χ3n) is 3.51. The second-order valence-corrected chi connectivity index (χ2v) is 4.62. The van der Waals surface area contributed by atoms with Crippen LogP contribution in [0.4, 0.5) is 0 Å². The second-order valence-electron chi connectivity index (χ2n) is 4.62. The minimum atomic E-state index is 0.284. The minimum Gasteiger partial charge on any atom is -0.467 e. The molecule has 4 heteroatoms. The fourth-order valence-electron chi connectivity index (χ4n) is 2.58. The molecule has 0 N–H and O–H groups in total. The molecule has 2 aliphatic rings. The van der Waals surface area contributed by atoms with E-state index in [1.807, 2.05) is 0 Å². The van der Waals surface area contributed by atoms with Crippen LogP contribution in [0.2, 0.25) is 0 Å². The van der Waals surface area contributed by atoms with Crippen LogP contribution >= 0.6 is 0 Å². The average molecular weight is 225 g/mol. The number of rotatable bonds is 5. The lowest BCUT2D eigenvalue weighted by Crippen LogP contribution is -2.23. The number of carbonyl (C=O) groups excluding carboxylic acids is 1. The lowest BCUT2D eigenvalue weighted by Gasteiger charge is -2.25. The van der Waals surface area contributed by atoms with Crippen molar-refractivity contribution < 1.29 is 14.4 Å². The molecule has 1 atom stereocenters. The third-order valence-corrected chi connectivity index (χ3v) is 3.51. The largest absolute Gasteiger partial charge is 0.467 e. The first-order chi connectivity index (χ1) is 7.90. The molecular formula is C12H19NO3. The first-order valence-corrected chi connectivity index (χ1v) is 6.17. The zero-order valence-electron chi connectivity index (χ0n) is 9.56. The van der Waals surface area contributed by atoms with Crippen molar-refractivity contribution >= 4 is 12.2 Å². The zero-order chi connectivity index (χ0) is 11.2. The Bertz CT molecular complexity index is 259. The van der Waals surface area contributed by atoms with Gasteiger partial charge in [0.15, 0.2) is 0 Å². The Balaban J connectivity index is 1.70. The van der Waals surface area contributed by atoms with Crippen LogP contribution in [0.25, 0.3) is 0 Å². The third kappa shape index (κ3) is 2.97. The Morgan fingerprint density at radius 1 is 1.38 bits per heavy atom. The molecule has 0 aromatic rings. The van der Waals surface area contributed by atoms with Crippen LogP contribution in [-0.4, -0.2) is 24.9 Å². The Labute approximate surface area is 96.0 Å². The Morgan fingerprint density at radius 3 is 2.94 bits per heavy atom. The van der Waals surface area contributed by atoms with Gasteiger partial charge in [0.25, 0.3) is 6.47 Å². The van der Waals surface area contributed by atoms with Crippen LogP contribution in [-0.2, 0) is 14.4 Å². The van der Waals surface area contributed by atoms with Gasteiger partial charge in [0.1, 0.15) is 6.10 Å². The number of nitrogens with zero attached hydrogens (tertiary/aromatic N) is 1. The van der Waals surface area contributed by atoms with Gasteiger partial charge < -0.3 is 9.57 Å². The maximum absolute atomic E-state index is 10.00. The number of hydrogen-bond donors (Lipinski definition) is 0. The number of carbonyl (C=O) groups is 1. The Kier molecular flexibility index (Phi) is 4.19. The summed E-state index contributed by atoms with van der Waals surface area (Å²) >= 11 is 0. The van der Waals surface area contributed by atoms with E-state index < -0.39 is 0 Å². The topological polar surface area (TPSA) is 47.9 Å². The number of ether oxygens (including phenoxy) is 1. The summed E-state index contributed by atoms with van der Waals surface area (Å²) in [7, 11) is 0. The first-order valence-electron chi connectivity index (χ1n) is 6.17. The van der Waals surface area contributed by atoms with E-state index in [1.165, 1.54) is 32.1 Å². The molecule has 4 nitrogen and oxygen atoms in total.